The van der Waals surface area contributed by atoms with E-state index in [-0.39, 0.29) is 12.7 Å². The Kier molecular flexibility index (Phi) is 5.63. The van der Waals surface area contributed by atoms with Crippen molar-refractivity contribution in [2.75, 3.05) is 20.0 Å². The highest BCUT2D eigenvalue weighted by molar-refractivity contribution is 14.1. The van der Waals surface area contributed by atoms with Crippen molar-refractivity contribution in [1.29, 1.82) is 5.26 Å². The smallest absolute Gasteiger partial charge is 0.231 e. The number of halogens is 1. The Morgan fingerprint density at radius 2 is 2.00 bits per heavy atom. The summed E-state index contributed by atoms with van der Waals surface area (Å²) in [4.78, 5) is 0. The quantitative estimate of drug-likeness (QED) is 0.453. The molecule has 4 rings (SSSR count). The Bertz CT molecular complexity index is 1090. The summed E-state index contributed by atoms with van der Waals surface area (Å²) in [5.74, 6) is 2.55. The van der Waals surface area contributed by atoms with E-state index in [4.69, 9.17) is 29.4 Å². The number of ether oxygens (including phenoxy) is 5. The first-order valence-corrected chi connectivity index (χ1v) is 10.4. The van der Waals surface area contributed by atoms with Gasteiger partial charge in [-0.3, -0.25) is 0 Å². The first-order valence-electron chi connectivity index (χ1n) is 9.28. The molecule has 0 saturated carbocycles. The average molecular weight is 518 g/mol. The third-order valence-electron chi connectivity index (χ3n) is 4.72. The number of nitrogens with two attached hydrogens (primary N) is 1. The molecule has 2 aromatic carbocycles. The van der Waals surface area contributed by atoms with E-state index in [2.05, 4.69) is 35.2 Å². The van der Waals surface area contributed by atoms with Crippen molar-refractivity contribution < 1.29 is 23.7 Å². The zero-order chi connectivity index (χ0) is 21.3. The maximum absolute atomic E-state index is 9.83. The van der Waals surface area contributed by atoms with Crippen molar-refractivity contribution in [3.05, 3.63) is 63.1 Å². The second kappa shape index (κ2) is 8.36. The Balaban J connectivity index is 1.88. The minimum atomic E-state index is -0.450. The second-order valence-electron chi connectivity index (χ2n) is 6.53. The van der Waals surface area contributed by atoms with Gasteiger partial charge in [-0.2, -0.15) is 5.26 Å². The van der Waals surface area contributed by atoms with Crippen LogP contribution in [0.15, 0.2) is 48.4 Å². The molecule has 0 aromatic heterocycles. The lowest BCUT2D eigenvalue weighted by Gasteiger charge is -2.27. The summed E-state index contributed by atoms with van der Waals surface area (Å²) in [5, 5.41) is 9.83. The molecule has 1 atom stereocenters. The first-order chi connectivity index (χ1) is 14.6. The monoisotopic (exact) mass is 518 g/mol. The van der Waals surface area contributed by atoms with Gasteiger partial charge >= 0.3 is 0 Å². The number of benzene rings is 2. The fourth-order valence-corrected chi connectivity index (χ4v) is 4.27. The SMILES string of the molecule is C=CCOc1c(I)cc([C@@H]2C(C#N)=C(N)Oc3cc4c(cc32)OCO4)cc1OCC. The van der Waals surface area contributed by atoms with Gasteiger partial charge in [0.25, 0.3) is 0 Å². The molecule has 7 nitrogen and oxygen atoms in total. The van der Waals surface area contributed by atoms with Gasteiger partial charge in [-0.15, -0.1) is 0 Å². The van der Waals surface area contributed by atoms with Crippen LogP contribution in [0.3, 0.4) is 0 Å². The van der Waals surface area contributed by atoms with E-state index in [1.807, 2.05) is 25.1 Å². The minimum Gasteiger partial charge on any atom is -0.490 e. The van der Waals surface area contributed by atoms with Crippen LogP contribution < -0.4 is 29.4 Å². The topological polar surface area (TPSA) is 96.0 Å². The number of hydrogen-bond donors (Lipinski definition) is 1. The summed E-state index contributed by atoms with van der Waals surface area (Å²) >= 11 is 2.20. The van der Waals surface area contributed by atoms with Gasteiger partial charge < -0.3 is 29.4 Å². The highest BCUT2D eigenvalue weighted by Crippen LogP contribution is 2.49. The van der Waals surface area contributed by atoms with E-state index >= 15 is 0 Å². The van der Waals surface area contributed by atoms with Gasteiger partial charge in [0.05, 0.1) is 16.1 Å². The Labute approximate surface area is 187 Å². The molecule has 0 bridgehead atoms. The van der Waals surface area contributed by atoms with Gasteiger partial charge in [-0.1, -0.05) is 12.7 Å². The zero-order valence-electron chi connectivity index (χ0n) is 16.2. The highest BCUT2D eigenvalue weighted by atomic mass is 127. The third-order valence-corrected chi connectivity index (χ3v) is 5.52. The fraction of sp³-hybridized carbons (Fsp3) is 0.227. The van der Waals surface area contributed by atoms with Crippen LogP contribution in [0.4, 0.5) is 0 Å². The highest BCUT2D eigenvalue weighted by Gasteiger charge is 2.34. The molecule has 0 spiro atoms. The number of nitriles is 1. The standard InChI is InChI=1S/C22H19IN2O5/c1-3-5-27-21-15(23)6-12(7-19(21)26-4-2)20-13-8-17-18(29-11-28-17)9-16(13)30-22(25)14(20)10-24/h3,6-9,20H,1,4-5,11,25H2,2H3/t20-/m0/s1. The predicted molar refractivity (Wildman–Crippen MR) is 118 cm³/mol. The van der Waals surface area contributed by atoms with Gasteiger partial charge in [0.2, 0.25) is 12.7 Å². The summed E-state index contributed by atoms with van der Waals surface area (Å²) in [5.41, 5.74) is 8.02. The number of hydrogen-bond acceptors (Lipinski definition) is 7. The summed E-state index contributed by atoms with van der Waals surface area (Å²) in [6.07, 6.45) is 1.67. The van der Waals surface area contributed by atoms with E-state index in [9.17, 15) is 5.26 Å². The second-order valence-corrected chi connectivity index (χ2v) is 7.69. The Hall–Kier alpha value is -3.06. The van der Waals surface area contributed by atoms with Crippen molar-refractivity contribution in [1.82, 2.24) is 0 Å². The normalized spacial score (nSPS) is 16.4. The lowest BCUT2D eigenvalue weighted by atomic mass is 9.83. The van der Waals surface area contributed by atoms with Crippen molar-refractivity contribution >= 4 is 22.6 Å². The van der Waals surface area contributed by atoms with Crippen LogP contribution in [0.5, 0.6) is 28.7 Å². The molecule has 2 heterocycles. The molecule has 0 radical (unpaired) electrons. The first kappa shape index (κ1) is 20.2. The number of fused-ring (bicyclic) bond motifs is 2. The van der Waals surface area contributed by atoms with Crippen LogP contribution in [0.25, 0.3) is 0 Å². The summed E-state index contributed by atoms with van der Waals surface area (Å²) in [6.45, 7) is 6.56. The van der Waals surface area contributed by atoms with Crippen LogP contribution in [0.1, 0.15) is 24.0 Å². The summed E-state index contributed by atoms with van der Waals surface area (Å²) in [6, 6.07) is 9.60. The zero-order valence-corrected chi connectivity index (χ0v) is 18.4. The number of nitrogens with zero attached hydrogens (tertiary/aromatic N) is 1. The molecule has 2 aliphatic rings. The summed E-state index contributed by atoms with van der Waals surface area (Å²) < 4.78 is 29.2. The molecule has 2 aromatic rings. The number of allylic oxidation sites excluding steroid dienone is 1. The molecule has 0 unspecified atom stereocenters. The molecule has 0 amide bonds. The van der Waals surface area contributed by atoms with E-state index in [1.54, 1.807) is 12.1 Å². The lowest BCUT2D eigenvalue weighted by Crippen LogP contribution is -2.21. The molecule has 2 aliphatic heterocycles. The number of rotatable bonds is 6. The molecule has 154 valence electrons. The molecule has 2 N–H and O–H groups in total. The van der Waals surface area contributed by atoms with Crippen LogP contribution >= 0.6 is 22.6 Å². The van der Waals surface area contributed by atoms with Gasteiger partial charge in [-0.05, 0) is 53.3 Å². The van der Waals surface area contributed by atoms with Crippen LogP contribution in [0, 0.1) is 14.9 Å². The van der Waals surface area contributed by atoms with Crippen molar-refractivity contribution in [2.45, 2.75) is 12.8 Å². The van der Waals surface area contributed by atoms with Gasteiger partial charge in [0.1, 0.15) is 24.0 Å². The molecule has 0 aliphatic carbocycles. The Morgan fingerprint density at radius 3 is 2.70 bits per heavy atom. The van der Waals surface area contributed by atoms with Crippen LogP contribution in [-0.4, -0.2) is 20.0 Å². The van der Waals surface area contributed by atoms with Gasteiger partial charge in [-0.25, -0.2) is 0 Å². The van der Waals surface area contributed by atoms with E-state index in [1.165, 1.54) is 0 Å². The molecule has 0 saturated heterocycles. The predicted octanol–water partition coefficient (Wildman–Crippen LogP) is 4.20. The average Bonchev–Trinajstić information content (AvgIpc) is 3.18. The summed E-state index contributed by atoms with van der Waals surface area (Å²) in [7, 11) is 0. The Morgan fingerprint density at radius 1 is 1.23 bits per heavy atom. The lowest BCUT2D eigenvalue weighted by molar-refractivity contribution is 0.174. The van der Waals surface area contributed by atoms with Gasteiger partial charge in [0.15, 0.2) is 23.0 Å². The molecular weight excluding hydrogens is 499 g/mol. The van der Waals surface area contributed by atoms with Crippen LogP contribution in [-0.2, 0) is 0 Å². The minimum absolute atomic E-state index is 0.0637. The van der Waals surface area contributed by atoms with E-state index in [0.29, 0.717) is 47.5 Å². The molecule has 30 heavy (non-hydrogen) atoms. The van der Waals surface area contributed by atoms with Gasteiger partial charge in [0, 0.05) is 11.6 Å². The maximum atomic E-state index is 9.83. The van der Waals surface area contributed by atoms with Crippen molar-refractivity contribution in [3.8, 4) is 34.8 Å². The largest absolute Gasteiger partial charge is 0.490 e. The van der Waals surface area contributed by atoms with Crippen molar-refractivity contribution in [3.63, 3.8) is 0 Å². The van der Waals surface area contributed by atoms with E-state index in [0.717, 1.165) is 14.7 Å². The fourth-order valence-electron chi connectivity index (χ4n) is 3.49. The third kappa shape index (κ3) is 3.50. The van der Waals surface area contributed by atoms with E-state index < -0.39 is 5.92 Å². The maximum Gasteiger partial charge on any atom is 0.231 e. The molecule has 8 heteroatoms. The molecule has 0 fully saturated rings. The van der Waals surface area contributed by atoms with Crippen molar-refractivity contribution in [2.24, 2.45) is 5.73 Å². The van der Waals surface area contributed by atoms with Crippen LogP contribution in [0.2, 0.25) is 0 Å². The molecular formula is C22H19IN2O5.